The Bertz CT molecular complexity index is 413. The minimum Gasteiger partial charge on any atom is -0.494 e. The van der Waals surface area contributed by atoms with E-state index in [0.29, 0.717) is 12.8 Å². The topological polar surface area (TPSA) is 46.5 Å². The van der Waals surface area contributed by atoms with Gasteiger partial charge in [-0.15, -0.1) is 0 Å². The van der Waals surface area contributed by atoms with Crippen LogP contribution in [0.4, 0.5) is 4.39 Å². The first-order valence-corrected chi connectivity index (χ1v) is 5.35. The number of ether oxygens (including phenoxy) is 1. The van der Waals surface area contributed by atoms with Crippen LogP contribution in [-0.2, 0) is 4.79 Å². The van der Waals surface area contributed by atoms with Gasteiger partial charge < -0.3 is 9.84 Å². The van der Waals surface area contributed by atoms with Crippen molar-refractivity contribution >= 4 is 12.0 Å². The molecule has 0 bridgehead atoms. The number of carboxylic acids is 1. The smallest absolute Gasteiger partial charge is 0.303 e. The SMILES string of the molecule is COc1ccc(/C=C/CCCC(=O)O)cc1F. The minimum absolute atomic E-state index is 0.154. The maximum Gasteiger partial charge on any atom is 0.303 e. The van der Waals surface area contributed by atoms with Gasteiger partial charge in [-0.2, -0.15) is 0 Å². The van der Waals surface area contributed by atoms with Crippen LogP contribution >= 0.6 is 0 Å². The number of benzene rings is 1. The molecule has 0 saturated heterocycles. The Labute approximate surface area is 99.5 Å². The maximum atomic E-state index is 13.3. The number of hydrogen-bond donors (Lipinski definition) is 1. The number of methoxy groups -OCH3 is 1. The second-order valence-electron chi connectivity index (χ2n) is 3.58. The van der Waals surface area contributed by atoms with E-state index in [1.807, 2.05) is 6.08 Å². The van der Waals surface area contributed by atoms with Gasteiger partial charge in [0, 0.05) is 6.42 Å². The van der Waals surface area contributed by atoms with Crippen molar-refractivity contribution in [2.24, 2.45) is 0 Å². The van der Waals surface area contributed by atoms with Gasteiger partial charge in [-0.1, -0.05) is 18.2 Å². The van der Waals surface area contributed by atoms with Gasteiger partial charge in [-0.3, -0.25) is 4.79 Å². The molecule has 0 aliphatic rings. The van der Waals surface area contributed by atoms with E-state index < -0.39 is 11.8 Å². The number of rotatable bonds is 6. The van der Waals surface area contributed by atoms with Crippen LogP contribution in [0.1, 0.15) is 24.8 Å². The Morgan fingerprint density at radius 2 is 2.29 bits per heavy atom. The second-order valence-corrected chi connectivity index (χ2v) is 3.58. The molecule has 1 aromatic rings. The summed E-state index contributed by atoms with van der Waals surface area (Å²) in [6.07, 6.45) is 5.01. The van der Waals surface area contributed by atoms with Crippen LogP contribution in [0.2, 0.25) is 0 Å². The first kappa shape index (κ1) is 13.2. The van der Waals surface area contributed by atoms with Gasteiger partial charge >= 0.3 is 5.97 Å². The summed E-state index contributed by atoms with van der Waals surface area (Å²) in [5, 5.41) is 8.44. The normalized spacial score (nSPS) is 10.7. The summed E-state index contributed by atoms with van der Waals surface area (Å²) < 4.78 is 18.1. The summed E-state index contributed by atoms with van der Waals surface area (Å²) in [6.45, 7) is 0. The molecule has 0 saturated carbocycles. The molecule has 4 heteroatoms. The first-order chi connectivity index (χ1) is 8.13. The summed E-state index contributed by atoms with van der Waals surface area (Å²) >= 11 is 0. The number of unbranched alkanes of at least 4 members (excludes halogenated alkanes) is 1. The molecule has 0 atom stereocenters. The fourth-order valence-corrected chi connectivity index (χ4v) is 1.38. The van der Waals surface area contributed by atoms with Gasteiger partial charge in [0.25, 0.3) is 0 Å². The summed E-state index contributed by atoms with van der Waals surface area (Å²) in [5.41, 5.74) is 0.735. The number of carboxylic acid groups (broad SMARTS) is 1. The van der Waals surface area contributed by atoms with E-state index in [1.54, 1.807) is 18.2 Å². The summed E-state index contributed by atoms with van der Waals surface area (Å²) in [4.78, 5) is 10.3. The number of aliphatic carboxylic acids is 1. The Morgan fingerprint density at radius 1 is 1.53 bits per heavy atom. The second kappa shape index (κ2) is 6.68. The van der Waals surface area contributed by atoms with Gasteiger partial charge in [0.1, 0.15) is 0 Å². The lowest BCUT2D eigenvalue weighted by Gasteiger charge is -2.01. The molecule has 0 aliphatic heterocycles. The third kappa shape index (κ3) is 4.68. The Balaban J connectivity index is 2.48. The molecule has 1 rings (SSSR count). The summed E-state index contributed by atoms with van der Waals surface area (Å²) in [7, 11) is 1.42. The van der Waals surface area contributed by atoms with Crippen molar-refractivity contribution in [3.63, 3.8) is 0 Å². The van der Waals surface area contributed by atoms with E-state index in [9.17, 15) is 9.18 Å². The molecule has 1 aromatic carbocycles. The predicted octanol–water partition coefficient (Wildman–Crippen LogP) is 3.10. The van der Waals surface area contributed by atoms with Crippen molar-refractivity contribution in [2.75, 3.05) is 7.11 Å². The van der Waals surface area contributed by atoms with Crippen molar-refractivity contribution in [3.05, 3.63) is 35.7 Å². The Hall–Kier alpha value is -1.84. The van der Waals surface area contributed by atoms with Crippen LogP contribution in [0.25, 0.3) is 6.08 Å². The molecule has 0 heterocycles. The summed E-state index contributed by atoms with van der Waals surface area (Å²) in [5.74, 6) is -0.984. The van der Waals surface area contributed by atoms with E-state index >= 15 is 0 Å². The molecule has 1 N–H and O–H groups in total. The largest absolute Gasteiger partial charge is 0.494 e. The van der Waals surface area contributed by atoms with Crippen molar-refractivity contribution in [1.82, 2.24) is 0 Å². The van der Waals surface area contributed by atoms with E-state index in [0.717, 1.165) is 5.56 Å². The highest BCUT2D eigenvalue weighted by molar-refractivity contribution is 5.66. The zero-order valence-corrected chi connectivity index (χ0v) is 9.65. The van der Waals surface area contributed by atoms with E-state index in [1.165, 1.54) is 13.2 Å². The van der Waals surface area contributed by atoms with Crippen molar-refractivity contribution < 1.29 is 19.0 Å². The van der Waals surface area contributed by atoms with Gasteiger partial charge in [0.15, 0.2) is 11.6 Å². The molecule has 3 nitrogen and oxygen atoms in total. The molecule has 17 heavy (non-hydrogen) atoms. The molecule has 92 valence electrons. The molecule has 0 fully saturated rings. The molecular weight excluding hydrogens is 223 g/mol. The van der Waals surface area contributed by atoms with E-state index in [4.69, 9.17) is 9.84 Å². The molecule has 0 amide bonds. The molecule has 0 unspecified atom stereocenters. The minimum atomic E-state index is -0.797. The average molecular weight is 238 g/mol. The lowest BCUT2D eigenvalue weighted by molar-refractivity contribution is -0.137. The fraction of sp³-hybridized carbons (Fsp3) is 0.308. The van der Waals surface area contributed by atoms with Gasteiger partial charge in [0.2, 0.25) is 0 Å². The predicted molar refractivity (Wildman–Crippen MR) is 63.5 cm³/mol. The third-order valence-corrected chi connectivity index (χ3v) is 2.25. The number of carbonyl (C=O) groups is 1. The number of halogens is 1. The molecule has 0 radical (unpaired) electrons. The Kier molecular flexibility index (Phi) is 5.20. The standard InChI is InChI=1S/C13H15FO3/c1-17-12-8-7-10(9-11(12)14)5-3-2-4-6-13(15)16/h3,5,7-9H,2,4,6H2,1H3,(H,15,16)/b5-3+. The van der Waals surface area contributed by atoms with Crippen LogP contribution in [0, 0.1) is 5.82 Å². The molecular formula is C13H15FO3. The first-order valence-electron chi connectivity index (χ1n) is 5.35. The monoisotopic (exact) mass is 238 g/mol. The van der Waals surface area contributed by atoms with Gasteiger partial charge in [-0.25, -0.2) is 4.39 Å². The van der Waals surface area contributed by atoms with Gasteiger partial charge in [-0.05, 0) is 30.5 Å². The lowest BCUT2D eigenvalue weighted by Crippen LogP contribution is -1.92. The van der Waals surface area contributed by atoms with Crippen LogP contribution in [0.3, 0.4) is 0 Å². The highest BCUT2D eigenvalue weighted by Crippen LogP contribution is 2.18. The van der Waals surface area contributed by atoms with Crippen molar-refractivity contribution in [2.45, 2.75) is 19.3 Å². The highest BCUT2D eigenvalue weighted by Gasteiger charge is 2.01. The lowest BCUT2D eigenvalue weighted by atomic mass is 10.1. The van der Waals surface area contributed by atoms with Crippen LogP contribution in [0.5, 0.6) is 5.75 Å². The van der Waals surface area contributed by atoms with Crippen molar-refractivity contribution in [1.29, 1.82) is 0 Å². The molecule has 0 aromatic heterocycles. The number of hydrogen-bond acceptors (Lipinski definition) is 2. The zero-order chi connectivity index (χ0) is 12.7. The number of allylic oxidation sites excluding steroid dienone is 1. The van der Waals surface area contributed by atoms with Crippen LogP contribution in [0.15, 0.2) is 24.3 Å². The van der Waals surface area contributed by atoms with Crippen LogP contribution < -0.4 is 4.74 Å². The van der Waals surface area contributed by atoms with E-state index in [-0.39, 0.29) is 12.2 Å². The zero-order valence-electron chi connectivity index (χ0n) is 9.65. The highest BCUT2D eigenvalue weighted by atomic mass is 19.1. The fourth-order valence-electron chi connectivity index (χ4n) is 1.38. The maximum absolute atomic E-state index is 13.3. The van der Waals surface area contributed by atoms with Crippen LogP contribution in [-0.4, -0.2) is 18.2 Å². The quantitative estimate of drug-likeness (QED) is 0.774. The molecule has 0 spiro atoms. The molecule has 0 aliphatic carbocycles. The third-order valence-electron chi connectivity index (χ3n) is 2.25. The van der Waals surface area contributed by atoms with E-state index in [2.05, 4.69) is 0 Å². The average Bonchev–Trinajstić information content (AvgIpc) is 2.28. The van der Waals surface area contributed by atoms with Crippen molar-refractivity contribution in [3.8, 4) is 5.75 Å². The Morgan fingerprint density at radius 3 is 2.88 bits per heavy atom. The van der Waals surface area contributed by atoms with Gasteiger partial charge in [0.05, 0.1) is 7.11 Å². The summed E-state index contributed by atoms with van der Waals surface area (Å²) in [6, 6.07) is 4.69.